The molecule has 0 unspecified atom stereocenters. The molecular formula is C18H16N2O3S2. The minimum atomic E-state index is -0.455. The summed E-state index contributed by atoms with van der Waals surface area (Å²) < 4.78 is 5.13. The van der Waals surface area contributed by atoms with Crippen molar-refractivity contribution in [1.29, 1.82) is 5.26 Å². The number of esters is 1. The Labute approximate surface area is 153 Å². The van der Waals surface area contributed by atoms with Gasteiger partial charge in [-0.3, -0.25) is 4.79 Å². The molecule has 0 fully saturated rings. The molecule has 0 aliphatic heterocycles. The summed E-state index contributed by atoms with van der Waals surface area (Å²) in [7, 11) is 0. The third-order valence-corrected chi connectivity index (χ3v) is 6.99. The highest BCUT2D eigenvalue weighted by atomic mass is 32.1. The monoisotopic (exact) mass is 372 g/mol. The molecule has 0 saturated carbocycles. The van der Waals surface area contributed by atoms with Gasteiger partial charge < -0.3 is 10.1 Å². The summed E-state index contributed by atoms with van der Waals surface area (Å²) in [5.74, 6) is -0.863. The summed E-state index contributed by atoms with van der Waals surface area (Å²) in [6.07, 6.45) is 6.09. The van der Waals surface area contributed by atoms with Gasteiger partial charge in [0, 0.05) is 9.75 Å². The zero-order valence-electron chi connectivity index (χ0n) is 13.5. The van der Waals surface area contributed by atoms with E-state index in [1.807, 2.05) is 6.07 Å². The molecule has 4 rings (SSSR count). The summed E-state index contributed by atoms with van der Waals surface area (Å²) in [6.45, 7) is -0.338. The van der Waals surface area contributed by atoms with Crippen LogP contribution in [0.4, 0.5) is 5.00 Å². The van der Waals surface area contributed by atoms with E-state index in [4.69, 9.17) is 4.74 Å². The average Bonchev–Trinajstić information content (AvgIpc) is 3.31. The predicted molar refractivity (Wildman–Crippen MR) is 96.3 cm³/mol. The third kappa shape index (κ3) is 3.08. The maximum atomic E-state index is 12.1. The first kappa shape index (κ1) is 16.3. The van der Waals surface area contributed by atoms with Crippen molar-refractivity contribution >= 4 is 39.6 Å². The number of nitriles is 1. The fraction of sp³-hybridized carbons (Fsp3) is 0.389. The minimum absolute atomic E-state index is 0.338. The number of fused-ring (bicyclic) bond motifs is 2. The number of hydrogen-bond acceptors (Lipinski definition) is 6. The number of ether oxygens (including phenoxy) is 1. The van der Waals surface area contributed by atoms with Crippen LogP contribution in [0.5, 0.6) is 0 Å². The van der Waals surface area contributed by atoms with Crippen LogP contribution < -0.4 is 5.32 Å². The first-order valence-electron chi connectivity index (χ1n) is 8.29. The molecule has 1 N–H and O–H groups in total. The van der Waals surface area contributed by atoms with E-state index >= 15 is 0 Å². The van der Waals surface area contributed by atoms with Crippen molar-refractivity contribution in [3.63, 3.8) is 0 Å². The number of nitrogens with zero attached hydrogens (tertiary/aromatic N) is 1. The van der Waals surface area contributed by atoms with Crippen molar-refractivity contribution < 1.29 is 14.3 Å². The van der Waals surface area contributed by atoms with E-state index in [2.05, 4.69) is 11.4 Å². The van der Waals surface area contributed by atoms with Crippen LogP contribution in [0.15, 0.2) is 6.07 Å². The van der Waals surface area contributed by atoms with Crippen molar-refractivity contribution in [2.45, 2.75) is 38.5 Å². The van der Waals surface area contributed by atoms with Crippen molar-refractivity contribution in [2.24, 2.45) is 0 Å². The zero-order chi connectivity index (χ0) is 17.4. The van der Waals surface area contributed by atoms with E-state index in [0.29, 0.717) is 15.4 Å². The van der Waals surface area contributed by atoms with Crippen LogP contribution in [-0.2, 0) is 35.2 Å². The highest BCUT2D eigenvalue weighted by Crippen LogP contribution is 2.38. The van der Waals surface area contributed by atoms with Crippen molar-refractivity contribution in [3.8, 4) is 6.07 Å². The number of carbonyl (C=O) groups is 2. The van der Waals surface area contributed by atoms with E-state index in [0.717, 1.165) is 44.1 Å². The summed E-state index contributed by atoms with van der Waals surface area (Å²) in [5.41, 5.74) is 2.85. The molecule has 0 saturated heterocycles. The number of thiophene rings is 2. The lowest BCUT2D eigenvalue weighted by Gasteiger charge is -2.05. The van der Waals surface area contributed by atoms with Crippen molar-refractivity contribution in [2.75, 3.05) is 11.9 Å². The standard InChI is InChI=1S/C18H16N2O3S2/c19-8-12-11-4-2-6-14(11)25-17(12)20-16(21)9-23-18(22)15-7-10-3-1-5-13(10)24-15/h7H,1-6,9H2,(H,20,21). The van der Waals surface area contributed by atoms with Crippen LogP contribution in [0.1, 0.15) is 49.0 Å². The van der Waals surface area contributed by atoms with E-state index in [1.54, 1.807) is 0 Å². The number of nitrogens with one attached hydrogen (secondary N) is 1. The number of aryl methyl sites for hydroxylation is 3. The number of anilines is 1. The summed E-state index contributed by atoms with van der Waals surface area (Å²) in [6, 6.07) is 4.06. The molecule has 2 heterocycles. The van der Waals surface area contributed by atoms with Gasteiger partial charge in [-0.2, -0.15) is 5.26 Å². The minimum Gasteiger partial charge on any atom is -0.451 e. The smallest absolute Gasteiger partial charge is 0.348 e. The molecular weight excluding hydrogens is 356 g/mol. The van der Waals surface area contributed by atoms with E-state index < -0.39 is 11.9 Å². The lowest BCUT2D eigenvalue weighted by atomic mass is 10.1. The quantitative estimate of drug-likeness (QED) is 0.834. The number of rotatable bonds is 4. The maximum Gasteiger partial charge on any atom is 0.348 e. The van der Waals surface area contributed by atoms with Gasteiger partial charge in [0.1, 0.15) is 15.9 Å². The number of hydrogen-bond donors (Lipinski definition) is 1. The Bertz CT molecular complexity index is 883. The van der Waals surface area contributed by atoms with Crippen LogP contribution in [-0.4, -0.2) is 18.5 Å². The Kier molecular flexibility index (Phi) is 4.32. The SMILES string of the molecule is N#Cc1c(NC(=O)COC(=O)c2cc3c(s2)CCC3)sc2c1CCC2. The van der Waals surface area contributed by atoms with E-state index in [-0.39, 0.29) is 6.61 Å². The second kappa shape index (κ2) is 6.62. The van der Waals surface area contributed by atoms with Crippen LogP contribution in [0.25, 0.3) is 0 Å². The molecule has 0 bridgehead atoms. The number of carbonyl (C=O) groups excluding carboxylic acids is 2. The second-order valence-electron chi connectivity index (χ2n) is 6.21. The van der Waals surface area contributed by atoms with Crippen LogP contribution in [0, 0.1) is 11.3 Å². The van der Waals surface area contributed by atoms with Crippen molar-refractivity contribution in [3.05, 3.63) is 37.4 Å². The Balaban J connectivity index is 1.36. The van der Waals surface area contributed by atoms with Gasteiger partial charge in [-0.1, -0.05) is 0 Å². The normalized spacial score (nSPS) is 14.7. The van der Waals surface area contributed by atoms with Gasteiger partial charge >= 0.3 is 5.97 Å². The first-order valence-corrected chi connectivity index (χ1v) is 9.92. The summed E-state index contributed by atoms with van der Waals surface area (Å²) in [5, 5.41) is 12.6. The molecule has 25 heavy (non-hydrogen) atoms. The van der Waals surface area contributed by atoms with Crippen LogP contribution in [0.3, 0.4) is 0 Å². The maximum absolute atomic E-state index is 12.1. The van der Waals surface area contributed by atoms with E-state index in [1.165, 1.54) is 38.0 Å². The molecule has 0 aromatic carbocycles. The Morgan fingerprint density at radius 2 is 1.96 bits per heavy atom. The van der Waals surface area contributed by atoms with Gasteiger partial charge in [0.2, 0.25) is 0 Å². The van der Waals surface area contributed by atoms with Gasteiger partial charge in [-0.05, 0) is 55.7 Å². The Morgan fingerprint density at radius 3 is 2.76 bits per heavy atom. The van der Waals surface area contributed by atoms with E-state index in [9.17, 15) is 14.9 Å². The molecule has 2 aromatic heterocycles. The Morgan fingerprint density at radius 1 is 1.16 bits per heavy atom. The molecule has 2 aliphatic rings. The second-order valence-corrected chi connectivity index (χ2v) is 8.45. The largest absolute Gasteiger partial charge is 0.451 e. The van der Waals surface area contributed by atoms with Gasteiger partial charge in [0.05, 0.1) is 5.56 Å². The topological polar surface area (TPSA) is 79.2 Å². The molecule has 0 atom stereocenters. The van der Waals surface area contributed by atoms with Gasteiger partial charge in [0.25, 0.3) is 5.91 Å². The zero-order valence-corrected chi connectivity index (χ0v) is 15.1. The van der Waals surface area contributed by atoms with Crippen LogP contribution >= 0.6 is 22.7 Å². The van der Waals surface area contributed by atoms with Crippen LogP contribution in [0.2, 0.25) is 0 Å². The molecule has 128 valence electrons. The third-order valence-electron chi connectivity index (χ3n) is 4.57. The lowest BCUT2D eigenvalue weighted by molar-refractivity contribution is -0.119. The highest BCUT2D eigenvalue weighted by molar-refractivity contribution is 7.16. The fourth-order valence-electron chi connectivity index (χ4n) is 3.41. The molecule has 0 radical (unpaired) electrons. The predicted octanol–water partition coefficient (Wildman–Crippen LogP) is 3.45. The molecule has 5 nitrogen and oxygen atoms in total. The highest BCUT2D eigenvalue weighted by Gasteiger charge is 2.24. The molecule has 0 spiro atoms. The molecule has 2 aliphatic carbocycles. The van der Waals surface area contributed by atoms with Gasteiger partial charge in [-0.25, -0.2) is 4.79 Å². The first-order chi connectivity index (χ1) is 12.2. The summed E-state index contributed by atoms with van der Waals surface area (Å²) in [4.78, 5) is 27.2. The summed E-state index contributed by atoms with van der Waals surface area (Å²) >= 11 is 2.92. The van der Waals surface area contributed by atoms with Crippen molar-refractivity contribution in [1.82, 2.24) is 0 Å². The molecule has 2 aromatic rings. The average molecular weight is 372 g/mol. The molecule has 1 amide bonds. The van der Waals surface area contributed by atoms with Gasteiger partial charge in [-0.15, -0.1) is 22.7 Å². The fourth-order valence-corrected chi connectivity index (χ4v) is 5.81. The van der Waals surface area contributed by atoms with Gasteiger partial charge in [0.15, 0.2) is 6.61 Å². The molecule has 7 heteroatoms. The number of amides is 1. The lowest BCUT2D eigenvalue weighted by Crippen LogP contribution is -2.20. The Hall–Kier alpha value is -2.17.